The summed E-state index contributed by atoms with van der Waals surface area (Å²) >= 11 is 0. The lowest BCUT2D eigenvalue weighted by Gasteiger charge is -2.60. The third-order valence-electron chi connectivity index (χ3n) is 14.9. The molecule has 6 aliphatic carbocycles. The molecule has 3 spiro atoms. The van der Waals surface area contributed by atoms with Crippen LogP contribution in [0.3, 0.4) is 0 Å². The normalized spacial score (nSPS) is 48.9. The van der Waals surface area contributed by atoms with Crippen LogP contribution in [0.4, 0.5) is 0 Å². The standard InChI is InChI=1S/C38H51NO4/c1-25-18-33-34(39(22-25)14-15-41-16-17-42-23-26-6-4-3-5-7-26)32-21-37-24-36(37)20-31-29(30(36)11-13-38(32,37)43-33)9-8-27-19-28(40)10-12-35(27,31)2/h3-7,19,25,29-34H,8-18,20-24H2,1-2H3/t25-,29-,30-,31-,32+,33+,34-,35-,36?,37?,38+/m0/s1. The van der Waals surface area contributed by atoms with Crippen molar-refractivity contribution in [2.75, 3.05) is 32.9 Å². The first-order chi connectivity index (χ1) is 20.9. The van der Waals surface area contributed by atoms with Gasteiger partial charge in [-0.3, -0.25) is 9.69 Å². The van der Waals surface area contributed by atoms with Gasteiger partial charge in [-0.05, 0) is 104 Å². The lowest BCUT2D eigenvalue weighted by molar-refractivity contribution is -0.211. The van der Waals surface area contributed by atoms with Crippen LogP contribution < -0.4 is 0 Å². The number of hydrogen-bond donors (Lipinski definition) is 0. The molecular weight excluding hydrogens is 534 g/mol. The Hall–Kier alpha value is -1.53. The smallest absolute Gasteiger partial charge is 0.155 e. The topological polar surface area (TPSA) is 48.0 Å². The van der Waals surface area contributed by atoms with Gasteiger partial charge in [0.1, 0.15) is 0 Å². The van der Waals surface area contributed by atoms with E-state index in [-0.39, 0.29) is 11.0 Å². The second kappa shape index (κ2) is 9.74. The highest BCUT2D eigenvalue weighted by Crippen LogP contribution is 2.93. The lowest BCUT2D eigenvalue weighted by Crippen LogP contribution is -2.64. The van der Waals surface area contributed by atoms with Crippen molar-refractivity contribution in [2.45, 2.75) is 102 Å². The summed E-state index contributed by atoms with van der Waals surface area (Å²) in [5.41, 5.74) is 4.12. The Kier molecular flexibility index (Phi) is 6.28. The summed E-state index contributed by atoms with van der Waals surface area (Å²) in [5.74, 6) is 4.33. The predicted octanol–water partition coefficient (Wildman–Crippen LogP) is 6.60. The summed E-state index contributed by atoms with van der Waals surface area (Å²) in [6.45, 7) is 9.90. The van der Waals surface area contributed by atoms with Crippen molar-refractivity contribution in [2.24, 2.45) is 45.8 Å². The zero-order valence-corrected chi connectivity index (χ0v) is 26.4. The van der Waals surface area contributed by atoms with E-state index in [2.05, 4.69) is 49.1 Å². The van der Waals surface area contributed by atoms with Crippen molar-refractivity contribution < 1.29 is 19.0 Å². The van der Waals surface area contributed by atoms with Crippen LogP contribution in [0.5, 0.6) is 0 Å². The maximum atomic E-state index is 12.3. The van der Waals surface area contributed by atoms with Gasteiger partial charge < -0.3 is 14.2 Å². The van der Waals surface area contributed by atoms with Crippen molar-refractivity contribution >= 4 is 5.78 Å². The van der Waals surface area contributed by atoms with Crippen molar-refractivity contribution in [3.63, 3.8) is 0 Å². The molecule has 1 aromatic carbocycles. The van der Waals surface area contributed by atoms with E-state index in [4.69, 9.17) is 14.2 Å². The Bertz CT molecular complexity index is 1310. The number of hydrogen-bond acceptors (Lipinski definition) is 5. The average molecular weight is 586 g/mol. The molecule has 0 aromatic heterocycles. The zero-order valence-electron chi connectivity index (χ0n) is 26.4. The van der Waals surface area contributed by atoms with Gasteiger partial charge in [0, 0.05) is 36.9 Å². The Balaban J connectivity index is 0.863. The number of piperidine rings is 1. The fourth-order valence-electron chi connectivity index (χ4n) is 13.2. The molecule has 9 rings (SSSR count). The molecule has 11 atom stereocenters. The number of carbonyl (C=O) groups excluding carboxylic acids is 1. The second-order valence-corrected chi connectivity index (χ2v) is 16.5. The van der Waals surface area contributed by atoms with Crippen LogP contribution in [-0.4, -0.2) is 61.3 Å². The number of ether oxygens (including phenoxy) is 3. The molecule has 1 aromatic rings. The number of rotatable bonds is 8. The average Bonchev–Trinajstić information content (AvgIpc) is 3.48. The number of carbonyl (C=O) groups is 1. The van der Waals surface area contributed by atoms with Crippen molar-refractivity contribution in [1.29, 1.82) is 0 Å². The maximum absolute atomic E-state index is 12.3. The van der Waals surface area contributed by atoms with Crippen LogP contribution in [-0.2, 0) is 25.6 Å². The quantitative estimate of drug-likeness (QED) is 0.322. The highest BCUT2D eigenvalue weighted by Gasteiger charge is 2.91. The number of benzene rings is 1. The fraction of sp³-hybridized carbons (Fsp3) is 0.763. The van der Waals surface area contributed by atoms with E-state index in [1.54, 1.807) is 0 Å². The highest BCUT2D eigenvalue weighted by atomic mass is 16.5. The molecule has 0 radical (unpaired) electrons. The monoisotopic (exact) mass is 585 g/mol. The number of ketones is 1. The first kappa shape index (κ1) is 27.8. The molecule has 5 heteroatoms. The molecule has 5 saturated carbocycles. The number of likely N-dealkylation sites (tertiary alicyclic amines) is 1. The molecule has 0 bridgehead atoms. The molecule has 232 valence electrons. The van der Waals surface area contributed by atoms with E-state index in [0.717, 1.165) is 43.7 Å². The van der Waals surface area contributed by atoms with Gasteiger partial charge in [-0.25, -0.2) is 0 Å². The predicted molar refractivity (Wildman–Crippen MR) is 165 cm³/mol. The third kappa shape index (κ3) is 3.74. The van der Waals surface area contributed by atoms with E-state index in [1.165, 1.54) is 69.0 Å². The van der Waals surface area contributed by atoms with E-state index < -0.39 is 0 Å². The van der Waals surface area contributed by atoms with Crippen molar-refractivity contribution in [1.82, 2.24) is 4.90 Å². The number of allylic oxidation sites excluding steroid dienone is 2. The van der Waals surface area contributed by atoms with Gasteiger partial charge in [-0.1, -0.05) is 49.8 Å². The molecule has 2 heterocycles. The summed E-state index contributed by atoms with van der Waals surface area (Å²) in [6.07, 6.45) is 15.0. The molecule has 5 nitrogen and oxygen atoms in total. The number of fused-ring (bicyclic) bond motifs is 6. The molecule has 2 saturated heterocycles. The van der Waals surface area contributed by atoms with E-state index >= 15 is 0 Å². The summed E-state index contributed by atoms with van der Waals surface area (Å²) in [5, 5.41) is 0. The van der Waals surface area contributed by atoms with Crippen LogP contribution in [0.25, 0.3) is 0 Å². The van der Waals surface area contributed by atoms with E-state index in [0.29, 0.717) is 60.4 Å². The van der Waals surface area contributed by atoms with Crippen LogP contribution >= 0.6 is 0 Å². The summed E-state index contributed by atoms with van der Waals surface area (Å²) in [4.78, 5) is 15.1. The van der Waals surface area contributed by atoms with E-state index in [1.807, 2.05) is 6.07 Å². The van der Waals surface area contributed by atoms with Gasteiger partial charge in [0.15, 0.2) is 5.78 Å². The molecule has 7 fully saturated rings. The first-order valence-corrected chi connectivity index (χ1v) is 17.7. The van der Waals surface area contributed by atoms with Gasteiger partial charge >= 0.3 is 0 Å². The van der Waals surface area contributed by atoms with Gasteiger partial charge in [-0.2, -0.15) is 0 Å². The lowest BCUT2D eigenvalue weighted by atomic mass is 9.47. The van der Waals surface area contributed by atoms with Gasteiger partial charge in [0.05, 0.1) is 38.1 Å². The summed E-state index contributed by atoms with van der Waals surface area (Å²) in [7, 11) is 0. The molecule has 2 aliphatic heterocycles. The first-order valence-electron chi connectivity index (χ1n) is 17.7. The van der Waals surface area contributed by atoms with E-state index in [9.17, 15) is 4.79 Å². The second-order valence-electron chi connectivity index (χ2n) is 16.5. The Morgan fingerprint density at radius 1 is 0.977 bits per heavy atom. The summed E-state index contributed by atoms with van der Waals surface area (Å²) in [6, 6.07) is 11.0. The highest BCUT2D eigenvalue weighted by molar-refractivity contribution is 5.91. The van der Waals surface area contributed by atoms with Crippen LogP contribution in [0.1, 0.15) is 83.6 Å². The van der Waals surface area contributed by atoms with Crippen molar-refractivity contribution in [3.8, 4) is 0 Å². The van der Waals surface area contributed by atoms with Crippen LogP contribution in [0.15, 0.2) is 42.0 Å². The summed E-state index contributed by atoms with van der Waals surface area (Å²) < 4.78 is 19.4. The van der Waals surface area contributed by atoms with Crippen LogP contribution in [0, 0.1) is 45.8 Å². The SMILES string of the molecule is C[C@H]1C[C@H]2O[C@@]34CC[C@H]5[C@@H]6CCC7=CC(=O)CC[C@]7(C)[C@H]6CC56CC63C[C@@H]4[C@@H]2N(CCOCCOCc2ccccc2)C1. The molecule has 0 amide bonds. The minimum Gasteiger partial charge on any atom is -0.378 e. The zero-order chi connectivity index (χ0) is 29.0. The third-order valence-corrected chi connectivity index (χ3v) is 14.9. The van der Waals surface area contributed by atoms with Gasteiger partial charge in [0.25, 0.3) is 0 Å². The minimum atomic E-state index is 0.142. The Morgan fingerprint density at radius 3 is 2.72 bits per heavy atom. The van der Waals surface area contributed by atoms with Gasteiger partial charge in [0.2, 0.25) is 0 Å². The minimum absolute atomic E-state index is 0.142. The molecular formula is C38H51NO4. The molecule has 2 unspecified atom stereocenters. The van der Waals surface area contributed by atoms with Gasteiger partial charge in [-0.15, -0.1) is 0 Å². The number of nitrogens with zero attached hydrogens (tertiary/aromatic N) is 1. The van der Waals surface area contributed by atoms with Crippen LogP contribution in [0.2, 0.25) is 0 Å². The molecule has 8 aliphatic rings. The Labute approximate surface area is 258 Å². The maximum Gasteiger partial charge on any atom is 0.155 e. The molecule has 0 N–H and O–H groups in total. The Morgan fingerprint density at radius 2 is 1.84 bits per heavy atom. The largest absolute Gasteiger partial charge is 0.378 e. The molecule has 43 heavy (non-hydrogen) atoms. The fourth-order valence-corrected chi connectivity index (χ4v) is 13.2. The van der Waals surface area contributed by atoms with Crippen molar-refractivity contribution in [3.05, 3.63) is 47.5 Å².